The van der Waals surface area contributed by atoms with Gasteiger partial charge in [-0.1, -0.05) is 18.2 Å². The third kappa shape index (κ3) is 3.51. The molecule has 1 unspecified atom stereocenters. The van der Waals surface area contributed by atoms with E-state index in [1.807, 2.05) is 23.1 Å². The first-order chi connectivity index (χ1) is 9.61. The number of hydrogen-bond donors (Lipinski definition) is 1. The van der Waals surface area contributed by atoms with Crippen molar-refractivity contribution in [2.45, 2.75) is 38.8 Å². The van der Waals surface area contributed by atoms with Crippen molar-refractivity contribution < 1.29 is 9.53 Å². The molecule has 1 fully saturated rings. The Balaban J connectivity index is 1.92. The monoisotopic (exact) mass is 276 g/mol. The highest BCUT2D eigenvalue weighted by Crippen LogP contribution is 2.25. The van der Waals surface area contributed by atoms with Gasteiger partial charge in [0.15, 0.2) is 0 Å². The highest BCUT2D eigenvalue weighted by molar-refractivity contribution is 5.73. The molecule has 1 amide bonds. The van der Waals surface area contributed by atoms with Crippen molar-refractivity contribution >= 4 is 5.91 Å². The third-order valence-electron chi connectivity index (χ3n) is 4.03. The van der Waals surface area contributed by atoms with Crippen LogP contribution < -0.4 is 10.1 Å². The Morgan fingerprint density at radius 1 is 1.35 bits per heavy atom. The summed E-state index contributed by atoms with van der Waals surface area (Å²) >= 11 is 0. The second-order valence-electron chi connectivity index (χ2n) is 5.41. The molecule has 4 nitrogen and oxygen atoms in total. The highest BCUT2D eigenvalue weighted by atomic mass is 16.5. The number of methoxy groups -OCH3 is 1. The second-order valence-corrected chi connectivity index (χ2v) is 5.41. The lowest BCUT2D eigenvalue weighted by molar-refractivity contribution is -0.129. The Morgan fingerprint density at radius 3 is 2.60 bits per heavy atom. The normalized spacial score (nSPS) is 17.9. The van der Waals surface area contributed by atoms with E-state index in [4.69, 9.17) is 4.74 Å². The largest absolute Gasteiger partial charge is 0.496 e. The summed E-state index contributed by atoms with van der Waals surface area (Å²) in [6.45, 7) is 5.51. The quantitative estimate of drug-likeness (QED) is 0.918. The first-order valence-corrected chi connectivity index (χ1v) is 7.26. The summed E-state index contributed by atoms with van der Waals surface area (Å²) in [5.41, 5.74) is 1.18. The number of piperidine rings is 1. The molecule has 1 aliphatic heterocycles. The molecule has 20 heavy (non-hydrogen) atoms. The molecule has 0 spiro atoms. The summed E-state index contributed by atoms with van der Waals surface area (Å²) in [5, 5.41) is 3.65. The van der Waals surface area contributed by atoms with Gasteiger partial charge in [-0.3, -0.25) is 4.79 Å². The zero-order valence-electron chi connectivity index (χ0n) is 12.6. The van der Waals surface area contributed by atoms with Crippen LogP contribution in [-0.4, -0.2) is 37.0 Å². The van der Waals surface area contributed by atoms with Gasteiger partial charge in [0.05, 0.1) is 7.11 Å². The number of benzene rings is 1. The van der Waals surface area contributed by atoms with Crippen molar-refractivity contribution in [1.82, 2.24) is 10.2 Å². The molecule has 1 N–H and O–H groups in total. The van der Waals surface area contributed by atoms with Crippen LogP contribution in [0.5, 0.6) is 5.75 Å². The summed E-state index contributed by atoms with van der Waals surface area (Å²) in [7, 11) is 1.71. The average Bonchev–Trinajstić information content (AvgIpc) is 2.47. The van der Waals surface area contributed by atoms with Crippen LogP contribution in [0, 0.1) is 0 Å². The zero-order valence-corrected chi connectivity index (χ0v) is 12.6. The molecule has 0 radical (unpaired) electrons. The SMILES string of the molecule is COc1ccccc1C(C)NC1CCN(C(C)=O)CC1. The van der Waals surface area contributed by atoms with Gasteiger partial charge < -0.3 is 15.0 Å². The minimum atomic E-state index is 0.182. The van der Waals surface area contributed by atoms with E-state index in [-0.39, 0.29) is 11.9 Å². The molecule has 0 aliphatic carbocycles. The lowest BCUT2D eigenvalue weighted by atomic mass is 10.0. The molecule has 1 aromatic rings. The Morgan fingerprint density at radius 2 is 2.00 bits per heavy atom. The smallest absolute Gasteiger partial charge is 0.219 e. The van der Waals surface area contributed by atoms with Gasteiger partial charge in [0.1, 0.15) is 5.75 Å². The third-order valence-corrected chi connectivity index (χ3v) is 4.03. The molecule has 0 aromatic heterocycles. The molecule has 1 aliphatic rings. The number of rotatable bonds is 4. The molecular formula is C16H24N2O2. The molecule has 1 aromatic carbocycles. The fourth-order valence-electron chi connectivity index (χ4n) is 2.83. The van der Waals surface area contributed by atoms with Gasteiger partial charge in [0.2, 0.25) is 5.91 Å². The molecule has 0 saturated carbocycles. The maximum atomic E-state index is 11.3. The van der Waals surface area contributed by atoms with Gasteiger partial charge in [-0.15, -0.1) is 0 Å². The second kappa shape index (κ2) is 6.75. The molecule has 2 rings (SSSR count). The van der Waals surface area contributed by atoms with Gasteiger partial charge in [0.25, 0.3) is 0 Å². The van der Waals surface area contributed by atoms with Crippen molar-refractivity contribution in [2.24, 2.45) is 0 Å². The molecular weight excluding hydrogens is 252 g/mol. The lowest BCUT2D eigenvalue weighted by Gasteiger charge is -2.33. The zero-order chi connectivity index (χ0) is 14.5. The van der Waals surface area contributed by atoms with Gasteiger partial charge in [-0.05, 0) is 25.8 Å². The van der Waals surface area contributed by atoms with E-state index >= 15 is 0 Å². The topological polar surface area (TPSA) is 41.6 Å². The van der Waals surface area contributed by atoms with Crippen molar-refractivity contribution in [3.63, 3.8) is 0 Å². The maximum absolute atomic E-state index is 11.3. The summed E-state index contributed by atoms with van der Waals surface area (Å²) in [5.74, 6) is 1.11. The number of carbonyl (C=O) groups excluding carboxylic acids is 1. The predicted molar refractivity (Wildman–Crippen MR) is 79.8 cm³/mol. The van der Waals surface area contributed by atoms with E-state index in [2.05, 4.69) is 18.3 Å². The van der Waals surface area contributed by atoms with E-state index in [0.29, 0.717) is 6.04 Å². The number of nitrogens with one attached hydrogen (secondary N) is 1. The summed E-state index contributed by atoms with van der Waals surface area (Å²) < 4.78 is 5.41. The van der Waals surface area contributed by atoms with Crippen molar-refractivity contribution in [2.75, 3.05) is 20.2 Å². The molecule has 1 saturated heterocycles. The Bertz CT molecular complexity index is 454. The fourth-order valence-corrected chi connectivity index (χ4v) is 2.83. The van der Waals surface area contributed by atoms with Crippen LogP contribution in [0.1, 0.15) is 38.3 Å². The molecule has 1 atom stereocenters. The number of ether oxygens (including phenoxy) is 1. The summed E-state index contributed by atoms with van der Waals surface area (Å²) in [4.78, 5) is 13.2. The average molecular weight is 276 g/mol. The van der Waals surface area contributed by atoms with Crippen LogP contribution in [-0.2, 0) is 4.79 Å². The number of carbonyl (C=O) groups is 1. The van der Waals surface area contributed by atoms with Crippen LogP contribution in [0.3, 0.4) is 0 Å². The number of nitrogens with zero attached hydrogens (tertiary/aromatic N) is 1. The van der Waals surface area contributed by atoms with E-state index in [0.717, 1.165) is 31.7 Å². The van der Waals surface area contributed by atoms with Gasteiger partial charge in [0, 0.05) is 37.7 Å². The van der Waals surface area contributed by atoms with Crippen molar-refractivity contribution in [3.8, 4) is 5.75 Å². The van der Waals surface area contributed by atoms with Gasteiger partial charge in [-0.2, -0.15) is 0 Å². The maximum Gasteiger partial charge on any atom is 0.219 e. The van der Waals surface area contributed by atoms with E-state index in [1.54, 1.807) is 14.0 Å². The number of para-hydroxylation sites is 1. The molecule has 0 bridgehead atoms. The lowest BCUT2D eigenvalue weighted by Crippen LogP contribution is -2.44. The minimum Gasteiger partial charge on any atom is -0.496 e. The molecule has 110 valence electrons. The summed E-state index contributed by atoms with van der Waals surface area (Å²) in [6, 6.07) is 8.83. The van der Waals surface area contributed by atoms with Crippen LogP contribution >= 0.6 is 0 Å². The van der Waals surface area contributed by atoms with Crippen LogP contribution in [0.4, 0.5) is 0 Å². The van der Waals surface area contributed by atoms with Crippen LogP contribution in [0.15, 0.2) is 24.3 Å². The van der Waals surface area contributed by atoms with E-state index < -0.39 is 0 Å². The predicted octanol–water partition coefficient (Wildman–Crippen LogP) is 2.36. The Labute approximate surface area is 121 Å². The fraction of sp³-hybridized carbons (Fsp3) is 0.562. The van der Waals surface area contributed by atoms with Crippen molar-refractivity contribution in [3.05, 3.63) is 29.8 Å². The summed E-state index contributed by atoms with van der Waals surface area (Å²) in [6.07, 6.45) is 2.03. The van der Waals surface area contributed by atoms with E-state index in [1.165, 1.54) is 5.56 Å². The first kappa shape index (κ1) is 14.9. The minimum absolute atomic E-state index is 0.182. The van der Waals surface area contributed by atoms with Gasteiger partial charge >= 0.3 is 0 Å². The van der Waals surface area contributed by atoms with Crippen LogP contribution in [0.2, 0.25) is 0 Å². The molecule has 4 heteroatoms. The standard InChI is InChI=1S/C16H24N2O2/c1-12(15-6-4-5-7-16(15)20-3)17-14-8-10-18(11-9-14)13(2)19/h4-7,12,14,17H,8-11H2,1-3H3. The highest BCUT2D eigenvalue weighted by Gasteiger charge is 2.22. The van der Waals surface area contributed by atoms with Gasteiger partial charge in [-0.25, -0.2) is 0 Å². The molecule has 1 heterocycles. The Hall–Kier alpha value is -1.55. The van der Waals surface area contributed by atoms with E-state index in [9.17, 15) is 4.79 Å². The van der Waals surface area contributed by atoms with Crippen LogP contribution in [0.25, 0.3) is 0 Å². The number of amides is 1. The Kier molecular flexibility index (Phi) is 5.01. The number of hydrogen-bond acceptors (Lipinski definition) is 3. The van der Waals surface area contributed by atoms with Crippen molar-refractivity contribution in [1.29, 1.82) is 0 Å². The first-order valence-electron chi connectivity index (χ1n) is 7.26. The number of likely N-dealkylation sites (tertiary alicyclic amines) is 1.